The minimum Gasteiger partial charge on any atom is -0.508 e. The Morgan fingerprint density at radius 3 is 2.94 bits per heavy atom. The van der Waals surface area contributed by atoms with Crippen LogP contribution < -0.4 is 5.32 Å². The van der Waals surface area contributed by atoms with Crippen molar-refractivity contribution in [3.63, 3.8) is 0 Å². The second-order valence-electron chi connectivity index (χ2n) is 4.25. The summed E-state index contributed by atoms with van der Waals surface area (Å²) in [6.07, 6.45) is 4.19. The maximum atomic E-state index is 13.0. The van der Waals surface area contributed by atoms with Crippen LogP contribution in [0.2, 0.25) is 5.02 Å². The van der Waals surface area contributed by atoms with Gasteiger partial charge in [0, 0.05) is 12.1 Å². The topological polar surface area (TPSA) is 32.3 Å². The molecule has 2 nitrogen and oxygen atoms in total. The Hall–Kier alpha value is -0.800. The standard InChI is InChI=1S/C12H15ClFNO/c13-10-6-8(12(16)7-11(10)14)5-9-3-1-2-4-15-9/h6-7,9,15-16H,1-5H2. The average Bonchev–Trinajstić information content (AvgIpc) is 2.27. The first kappa shape index (κ1) is 11.7. The molecule has 0 amide bonds. The second-order valence-corrected chi connectivity index (χ2v) is 4.65. The van der Waals surface area contributed by atoms with E-state index in [0.29, 0.717) is 18.0 Å². The Morgan fingerprint density at radius 1 is 1.44 bits per heavy atom. The van der Waals surface area contributed by atoms with E-state index >= 15 is 0 Å². The number of nitrogens with one attached hydrogen (secondary N) is 1. The molecule has 1 aromatic rings. The Bertz CT molecular complexity index is 378. The molecule has 4 heteroatoms. The maximum absolute atomic E-state index is 13.0. The van der Waals surface area contributed by atoms with Gasteiger partial charge in [-0.3, -0.25) is 0 Å². The van der Waals surface area contributed by atoms with Gasteiger partial charge in [0.05, 0.1) is 5.02 Å². The molecule has 1 fully saturated rings. The van der Waals surface area contributed by atoms with E-state index < -0.39 is 5.82 Å². The van der Waals surface area contributed by atoms with Gasteiger partial charge in [-0.1, -0.05) is 18.0 Å². The summed E-state index contributed by atoms with van der Waals surface area (Å²) in [5, 5.41) is 13.1. The number of phenols is 1. The van der Waals surface area contributed by atoms with Crippen molar-refractivity contribution in [3.8, 4) is 5.75 Å². The molecule has 0 radical (unpaired) electrons. The highest BCUT2D eigenvalue weighted by atomic mass is 35.5. The summed E-state index contributed by atoms with van der Waals surface area (Å²) in [6, 6.07) is 2.96. The van der Waals surface area contributed by atoms with E-state index in [9.17, 15) is 9.50 Å². The average molecular weight is 244 g/mol. The fourth-order valence-electron chi connectivity index (χ4n) is 2.10. The molecule has 1 saturated heterocycles. The van der Waals surface area contributed by atoms with Crippen LogP contribution in [0.25, 0.3) is 0 Å². The third-order valence-corrected chi connectivity index (χ3v) is 3.29. The summed E-state index contributed by atoms with van der Waals surface area (Å²) < 4.78 is 13.0. The number of piperidine rings is 1. The lowest BCUT2D eigenvalue weighted by Gasteiger charge is -2.23. The van der Waals surface area contributed by atoms with Gasteiger partial charge in [-0.25, -0.2) is 4.39 Å². The normalized spacial score (nSPS) is 21.0. The van der Waals surface area contributed by atoms with Crippen LogP contribution in [0.5, 0.6) is 5.75 Å². The van der Waals surface area contributed by atoms with Gasteiger partial charge in [0.15, 0.2) is 0 Å². The molecule has 1 aliphatic heterocycles. The first-order valence-electron chi connectivity index (χ1n) is 5.57. The van der Waals surface area contributed by atoms with Crippen LogP contribution in [0.3, 0.4) is 0 Å². The largest absolute Gasteiger partial charge is 0.508 e. The van der Waals surface area contributed by atoms with Crippen LogP contribution >= 0.6 is 11.6 Å². The molecule has 1 unspecified atom stereocenters. The van der Waals surface area contributed by atoms with E-state index in [0.717, 1.165) is 19.0 Å². The smallest absolute Gasteiger partial charge is 0.145 e. The zero-order valence-corrected chi connectivity index (χ0v) is 9.73. The lowest BCUT2D eigenvalue weighted by Crippen LogP contribution is -2.35. The van der Waals surface area contributed by atoms with Crippen LogP contribution in [0.15, 0.2) is 12.1 Å². The van der Waals surface area contributed by atoms with E-state index in [1.54, 1.807) is 0 Å². The molecule has 0 aromatic heterocycles. The third-order valence-electron chi connectivity index (χ3n) is 3.00. The van der Waals surface area contributed by atoms with Gasteiger partial charge < -0.3 is 10.4 Å². The molecule has 2 N–H and O–H groups in total. The summed E-state index contributed by atoms with van der Waals surface area (Å²) in [7, 11) is 0. The Labute approximate surface area is 99.4 Å². The van der Waals surface area contributed by atoms with Crippen molar-refractivity contribution in [1.29, 1.82) is 0 Å². The molecule has 1 aromatic carbocycles. The summed E-state index contributed by atoms with van der Waals surface area (Å²) in [4.78, 5) is 0. The van der Waals surface area contributed by atoms with Crippen LogP contribution in [-0.2, 0) is 6.42 Å². The molecule has 1 heterocycles. The Morgan fingerprint density at radius 2 is 2.25 bits per heavy atom. The number of aromatic hydroxyl groups is 1. The van der Waals surface area contributed by atoms with Gasteiger partial charge in [-0.15, -0.1) is 0 Å². The van der Waals surface area contributed by atoms with Gasteiger partial charge in [-0.2, -0.15) is 0 Å². The highest BCUT2D eigenvalue weighted by molar-refractivity contribution is 6.30. The number of benzene rings is 1. The maximum Gasteiger partial charge on any atom is 0.145 e. The summed E-state index contributed by atoms with van der Waals surface area (Å²) in [5.74, 6) is -0.575. The molecule has 0 spiro atoms. The molecule has 1 atom stereocenters. The number of phenolic OH excluding ortho intramolecular Hbond substituents is 1. The summed E-state index contributed by atoms with van der Waals surface area (Å²) in [6.45, 7) is 1.01. The molecule has 0 aliphatic carbocycles. The van der Waals surface area contributed by atoms with Crippen molar-refractivity contribution < 1.29 is 9.50 Å². The fraction of sp³-hybridized carbons (Fsp3) is 0.500. The molecular formula is C12H15ClFNO. The fourth-order valence-corrected chi connectivity index (χ4v) is 2.29. The summed E-state index contributed by atoms with van der Waals surface area (Å²) >= 11 is 5.70. The monoisotopic (exact) mass is 243 g/mol. The lowest BCUT2D eigenvalue weighted by atomic mass is 9.97. The predicted molar refractivity (Wildman–Crippen MR) is 62.4 cm³/mol. The van der Waals surface area contributed by atoms with Crippen molar-refractivity contribution in [2.24, 2.45) is 0 Å². The van der Waals surface area contributed by atoms with E-state index in [1.165, 1.54) is 18.9 Å². The molecule has 0 saturated carbocycles. The van der Waals surface area contributed by atoms with Crippen LogP contribution in [0, 0.1) is 5.82 Å². The number of rotatable bonds is 2. The van der Waals surface area contributed by atoms with Gasteiger partial charge in [0.25, 0.3) is 0 Å². The quantitative estimate of drug-likeness (QED) is 0.837. The lowest BCUT2D eigenvalue weighted by molar-refractivity contribution is 0.391. The van der Waals surface area contributed by atoms with Gasteiger partial charge in [-0.05, 0) is 37.4 Å². The number of hydrogen-bond acceptors (Lipinski definition) is 2. The summed E-state index contributed by atoms with van der Waals surface area (Å²) in [5.41, 5.74) is 0.714. The van der Waals surface area contributed by atoms with Gasteiger partial charge >= 0.3 is 0 Å². The van der Waals surface area contributed by atoms with Crippen molar-refractivity contribution in [1.82, 2.24) is 5.32 Å². The molecule has 16 heavy (non-hydrogen) atoms. The Balaban J connectivity index is 2.11. The van der Waals surface area contributed by atoms with Crippen LogP contribution in [0.4, 0.5) is 4.39 Å². The molecule has 1 aliphatic rings. The Kier molecular flexibility index (Phi) is 3.66. The van der Waals surface area contributed by atoms with Gasteiger partial charge in [0.1, 0.15) is 11.6 Å². The van der Waals surface area contributed by atoms with Gasteiger partial charge in [0.2, 0.25) is 0 Å². The van der Waals surface area contributed by atoms with E-state index in [2.05, 4.69) is 5.32 Å². The highest BCUT2D eigenvalue weighted by Gasteiger charge is 2.16. The van der Waals surface area contributed by atoms with E-state index in [4.69, 9.17) is 11.6 Å². The predicted octanol–water partition coefficient (Wildman–Crippen LogP) is 2.87. The molecular weight excluding hydrogens is 229 g/mol. The van der Waals surface area contributed by atoms with E-state index in [1.807, 2.05) is 0 Å². The van der Waals surface area contributed by atoms with Crippen molar-refractivity contribution in [3.05, 3.63) is 28.5 Å². The second kappa shape index (κ2) is 5.02. The number of halogens is 2. The van der Waals surface area contributed by atoms with Crippen molar-refractivity contribution >= 4 is 11.6 Å². The van der Waals surface area contributed by atoms with Crippen LogP contribution in [0.1, 0.15) is 24.8 Å². The molecule has 88 valence electrons. The van der Waals surface area contributed by atoms with Crippen molar-refractivity contribution in [2.75, 3.05) is 6.54 Å². The van der Waals surface area contributed by atoms with E-state index in [-0.39, 0.29) is 10.8 Å². The first-order valence-corrected chi connectivity index (χ1v) is 5.95. The minimum atomic E-state index is -0.570. The highest BCUT2D eigenvalue weighted by Crippen LogP contribution is 2.27. The molecule has 0 bridgehead atoms. The van der Waals surface area contributed by atoms with Crippen molar-refractivity contribution in [2.45, 2.75) is 31.7 Å². The zero-order chi connectivity index (χ0) is 11.5. The zero-order valence-electron chi connectivity index (χ0n) is 8.97. The first-order chi connectivity index (χ1) is 7.66. The minimum absolute atomic E-state index is 0.00530. The number of hydrogen-bond donors (Lipinski definition) is 2. The van der Waals surface area contributed by atoms with Crippen LogP contribution in [-0.4, -0.2) is 17.7 Å². The molecule has 2 rings (SSSR count). The third kappa shape index (κ3) is 2.66. The SMILES string of the molecule is Oc1cc(F)c(Cl)cc1CC1CCCCN1.